The molecule has 2 aliphatic heterocycles. The molecule has 26 heavy (non-hydrogen) atoms. The van der Waals surface area contributed by atoms with E-state index >= 15 is 0 Å². The Morgan fingerprint density at radius 2 is 2.00 bits per heavy atom. The van der Waals surface area contributed by atoms with Crippen LogP contribution < -0.4 is 10.6 Å². The fourth-order valence-corrected chi connectivity index (χ4v) is 4.50. The second kappa shape index (κ2) is 8.34. The van der Waals surface area contributed by atoms with Gasteiger partial charge >= 0.3 is 0 Å². The lowest BCUT2D eigenvalue weighted by molar-refractivity contribution is -0.122. The van der Waals surface area contributed by atoms with Crippen molar-refractivity contribution in [2.24, 2.45) is 0 Å². The van der Waals surface area contributed by atoms with E-state index in [1.807, 2.05) is 6.92 Å². The molecule has 3 rings (SSSR count). The van der Waals surface area contributed by atoms with Gasteiger partial charge in [0, 0.05) is 44.3 Å². The number of nitrogens with zero attached hydrogens (tertiary/aromatic N) is 2. The first-order chi connectivity index (χ1) is 11.9. The van der Waals surface area contributed by atoms with Gasteiger partial charge in [0.2, 0.25) is 15.9 Å². The smallest absolute Gasteiger partial charge is 0.253 e. The highest BCUT2D eigenvalue weighted by atomic mass is 35.5. The van der Waals surface area contributed by atoms with Crippen LogP contribution in [0.5, 0.6) is 0 Å². The van der Waals surface area contributed by atoms with Gasteiger partial charge in [-0.25, -0.2) is 8.42 Å². The third-order valence-corrected chi connectivity index (χ3v) is 6.22. The minimum atomic E-state index is -3.80. The quantitative estimate of drug-likeness (QED) is 0.720. The van der Waals surface area contributed by atoms with E-state index in [0.29, 0.717) is 25.2 Å². The number of hydrogen-bond donors (Lipinski definition) is 2. The van der Waals surface area contributed by atoms with Gasteiger partial charge in [-0.1, -0.05) is 6.07 Å². The van der Waals surface area contributed by atoms with Gasteiger partial charge in [0.25, 0.3) is 5.91 Å². The first-order valence-corrected chi connectivity index (χ1v) is 9.71. The molecule has 10 heteroatoms. The van der Waals surface area contributed by atoms with Gasteiger partial charge in [-0.3, -0.25) is 9.59 Å². The summed E-state index contributed by atoms with van der Waals surface area (Å²) >= 11 is 0. The molecule has 2 saturated heterocycles. The second-order valence-electron chi connectivity index (χ2n) is 6.32. The van der Waals surface area contributed by atoms with E-state index in [4.69, 9.17) is 0 Å². The van der Waals surface area contributed by atoms with Crippen molar-refractivity contribution >= 4 is 34.2 Å². The second-order valence-corrected chi connectivity index (χ2v) is 8.26. The Kier molecular flexibility index (Phi) is 6.62. The highest BCUT2D eigenvalue weighted by molar-refractivity contribution is 7.89. The summed E-state index contributed by atoms with van der Waals surface area (Å²) in [6, 6.07) is 6.25. The monoisotopic (exact) mass is 402 g/mol. The van der Waals surface area contributed by atoms with Gasteiger partial charge in [0.1, 0.15) is 0 Å². The summed E-state index contributed by atoms with van der Waals surface area (Å²) in [6.45, 7) is 4.21. The minimum Gasteiger partial charge on any atom is -0.354 e. The molecule has 1 aromatic rings. The van der Waals surface area contributed by atoms with Crippen LogP contribution >= 0.6 is 12.4 Å². The summed E-state index contributed by atoms with van der Waals surface area (Å²) in [4.78, 5) is 25.9. The highest BCUT2D eigenvalue weighted by Gasteiger charge is 2.30. The number of halogens is 1. The van der Waals surface area contributed by atoms with Crippen LogP contribution in [0, 0.1) is 0 Å². The average Bonchev–Trinajstić information content (AvgIpc) is 2.61. The molecule has 0 spiro atoms. The van der Waals surface area contributed by atoms with Crippen molar-refractivity contribution in [2.75, 3.05) is 39.3 Å². The number of benzene rings is 1. The van der Waals surface area contributed by atoms with E-state index in [1.165, 1.54) is 12.1 Å². The zero-order chi connectivity index (χ0) is 18.0. The normalized spacial score (nSPS) is 21.7. The lowest BCUT2D eigenvalue weighted by Crippen LogP contribution is -2.51. The van der Waals surface area contributed by atoms with Crippen LogP contribution in [-0.2, 0) is 14.8 Å². The van der Waals surface area contributed by atoms with E-state index in [-0.39, 0.29) is 54.8 Å². The lowest BCUT2D eigenvalue weighted by atomic mass is 10.1. The lowest BCUT2D eigenvalue weighted by Gasteiger charge is -2.32. The molecule has 2 amide bonds. The molecule has 0 aliphatic carbocycles. The number of carbonyl (C=O) groups excluding carboxylic acids is 2. The van der Waals surface area contributed by atoms with Crippen molar-refractivity contribution in [3.8, 4) is 0 Å². The summed E-state index contributed by atoms with van der Waals surface area (Å²) in [7, 11) is -3.80. The van der Waals surface area contributed by atoms with Crippen molar-refractivity contribution in [1.82, 2.24) is 19.8 Å². The molecule has 8 nitrogen and oxygen atoms in total. The van der Waals surface area contributed by atoms with Crippen molar-refractivity contribution in [3.05, 3.63) is 29.8 Å². The molecule has 2 N–H and O–H groups in total. The molecular weight excluding hydrogens is 380 g/mol. The summed E-state index contributed by atoms with van der Waals surface area (Å²) in [6.07, 6.45) is 0. The maximum atomic E-state index is 12.7. The van der Waals surface area contributed by atoms with Crippen LogP contribution in [0.3, 0.4) is 0 Å². The number of carbonyl (C=O) groups is 2. The zero-order valence-corrected chi connectivity index (χ0v) is 16.1. The highest BCUT2D eigenvalue weighted by Crippen LogP contribution is 2.19. The molecule has 0 aromatic heterocycles. The third kappa shape index (κ3) is 4.35. The Bertz CT molecular complexity index is 786. The molecule has 1 aromatic carbocycles. The van der Waals surface area contributed by atoms with E-state index in [2.05, 4.69) is 10.6 Å². The topological polar surface area (TPSA) is 98.8 Å². The van der Waals surface area contributed by atoms with Crippen LogP contribution in [0.2, 0.25) is 0 Å². The molecule has 0 bridgehead atoms. The van der Waals surface area contributed by atoms with Crippen LogP contribution in [0.1, 0.15) is 17.3 Å². The van der Waals surface area contributed by atoms with Gasteiger partial charge in [0.05, 0.1) is 11.4 Å². The molecule has 1 atom stereocenters. The van der Waals surface area contributed by atoms with Crippen LogP contribution in [-0.4, -0.2) is 74.7 Å². The van der Waals surface area contributed by atoms with E-state index in [0.717, 1.165) is 4.31 Å². The van der Waals surface area contributed by atoms with Crippen LogP contribution in [0.15, 0.2) is 29.2 Å². The molecule has 0 saturated carbocycles. The van der Waals surface area contributed by atoms with Crippen molar-refractivity contribution in [2.45, 2.75) is 17.9 Å². The molecule has 0 radical (unpaired) electrons. The summed E-state index contributed by atoms with van der Waals surface area (Å²) < 4.78 is 26.6. The summed E-state index contributed by atoms with van der Waals surface area (Å²) in [5, 5.41) is 5.87. The van der Waals surface area contributed by atoms with Gasteiger partial charge in [0.15, 0.2) is 0 Å². The largest absolute Gasteiger partial charge is 0.354 e. The number of sulfonamides is 1. The maximum Gasteiger partial charge on any atom is 0.253 e. The van der Waals surface area contributed by atoms with Gasteiger partial charge in [-0.15, -0.1) is 12.4 Å². The van der Waals surface area contributed by atoms with Gasteiger partial charge < -0.3 is 15.5 Å². The number of nitrogens with one attached hydrogen (secondary N) is 2. The standard InChI is InChI=1S/C16H22N4O4S.ClH/c1-12-10-19(7-5-17-12)16(22)13-3-2-4-14(9-13)25(23,24)20-8-6-18-15(21)11-20;/h2-4,9,12,17H,5-8,10-11H2,1H3,(H,18,21);1H. The molecule has 2 fully saturated rings. The Hall–Kier alpha value is -1.68. The predicted octanol–water partition coefficient (Wildman–Crippen LogP) is -0.337. The Morgan fingerprint density at radius 1 is 1.23 bits per heavy atom. The van der Waals surface area contributed by atoms with Crippen molar-refractivity contribution < 1.29 is 18.0 Å². The number of piperazine rings is 2. The van der Waals surface area contributed by atoms with Gasteiger partial charge in [-0.05, 0) is 25.1 Å². The van der Waals surface area contributed by atoms with Crippen molar-refractivity contribution in [1.29, 1.82) is 0 Å². The third-order valence-electron chi connectivity index (χ3n) is 4.38. The minimum absolute atomic E-state index is 0. The first-order valence-electron chi connectivity index (χ1n) is 8.27. The fourth-order valence-electron chi connectivity index (χ4n) is 3.06. The number of rotatable bonds is 3. The molecule has 144 valence electrons. The SMILES string of the molecule is CC1CN(C(=O)c2cccc(S(=O)(=O)N3CCNC(=O)C3)c2)CCN1.Cl. The van der Waals surface area contributed by atoms with Crippen molar-refractivity contribution in [3.63, 3.8) is 0 Å². The zero-order valence-electron chi connectivity index (χ0n) is 14.5. The molecule has 2 heterocycles. The average molecular weight is 403 g/mol. The summed E-state index contributed by atoms with van der Waals surface area (Å²) in [5.74, 6) is -0.501. The van der Waals surface area contributed by atoms with Gasteiger partial charge in [-0.2, -0.15) is 4.31 Å². The first kappa shape index (κ1) is 20.6. The van der Waals surface area contributed by atoms with E-state index in [1.54, 1.807) is 17.0 Å². The van der Waals surface area contributed by atoms with E-state index < -0.39 is 10.0 Å². The van der Waals surface area contributed by atoms with E-state index in [9.17, 15) is 18.0 Å². The maximum absolute atomic E-state index is 12.7. The number of amides is 2. The molecule has 2 aliphatic rings. The fraction of sp³-hybridized carbons (Fsp3) is 0.500. The summed E-state index contributed by atoms with van der Waals surface area (Å²) in [5.41, 5.74) is 0.344. The predicted molar refractivity (Wildman–Crippen MR) is 98.8 cm³/mol. The molecular formula is C16H23ClN4O4S. The Labute approximate surface area is 159 Å². The Morgan fingerprint density at radius 3 is 2.69 bits per heavy atom. The van der Waals surface area contributed by atoms with Crippen LogP contribution in [0.4, 0.5) is 0 Å². The Balaban J connectivity index is 0.00000243. The molecule has 1 unspecified atom stereocenters. The number of hydrogen-bond acceptors (Lipinski definition) is 5. The van der Waals surface area contributed by atoms with Crippen LogP contribution in [0.25, 0.3) is 0 Å².